The van der Waals surface area contributed by atoms with E-state index in [0.717, 1.165) is 4.31 Å². The first kappa shape index (κ1) is 15.1. The number of aliphatic hydroxyl groups excluding tert-OH is 1. The Bertz CT molecular complexity index is 314. The van der Waals surface area contributed by atoms with Gasteiger partial charge in [-0.15, -0.1) is 0 Å². The molecule has 0 bridgehead atoms. The molecule has 0 aliphatic carbocycles. The zero-order valence-electron chi connectivity index (χ0n) is 9.63. The van der Waals surface area contributed by atoms with Crippen LogP contribution in [0.15, 0.2) is 0 Å². The maximum Gasteiger partial charge on any atom is 0.421 e. The number of hydrogen-bond acceptors (Lipinski definition) is 5. The molecule has 8 heteroatoms. The summed E-state index contributed by atoms with van der Waals surface area (Å²) >= 11 is 0. The number of nitrogens with one attached hydrogen (secondary N) is 1. The highest BCUT2D eigenvalue weighted by molar-refractivity contribution is 7.87. The van der Waals surface area contributed by atoms with Gasteiger partial charge in [0.1, 0.15) is 0 Å². The number of amides is 1. The second-order valence-electron chi connectivity index (χ2n) is 3.26. The quantitative estimate of drug-likeness (QED) is 0.677. The zero-order chi connectivity index (χ0) is 12.8. The normalized spacial score (nSPS) is 11.9. The maximum atomic E-state index is 11.7. The molecule has 0 radical (unpaired) electrons. The lowest BCUT2D eigenvalue weighted by atomic mass is 10.4. The number of carbonyl (C=O) groups is 1. The van der Waals surface area contributed by atoms with Crippen molar-refractivity contribution in [2.45, 2.75) is 26.8 Å². The van der Waals surface area contributed by atoms with Crippen molar-refractivity contribution < 1.29 is 23.1 Å². The molecule has 0 saturated heterocycles. The molecule has 0 fully saturated rings. The van der Waals surface area contributed by atoms with Crippen LogP contribution in [0.4, 0.5) is 4.79 Å². The number of carbonyl (C=O) groups excluding carboxylic acids is 1. The summed E-state index contributed by atoms with van der Waals surface area (Å²) in [5, 5.41) is 8.74. The number of aliphatic hydroxyl groups is 1. The van der Waals surface area contributed by atoms with Crippen molar-refractivity contribution in [2.24, 2.45) is 0 Å². The van der Waals surface area contributed by atoms with Crippen LogP contribution >= 0.6 is 0 Å². The van der Waals surface area contributed by atoms with E-state index in [1.807, 2.05) is 0 Å². The van der Waals surface area contributed by atoms with E-state index in [1.54, 1.807) is 25.5 Å². The third kappa shape index (κ3) is 4.77. The first-order valence-electron chi connectivity index (χ1n) is 4.92. The highest BCUT2D eigenvalue weighted by Gasteiger charge is 2.26. The predicted molar refractivity (Wildman–Crippen MR) is 58.0 cm³/mol. The highest BCUT2D eigenvalue weighted by atomic mass is 32.2. The van der Waals surface area contributed by atoms with Crippen LogP contribution in [-0.4, -0.2) is 49.7 Å². The largest absolute Gasteiger partial charge is 0.449 e. The molecular formula is C8H18N2O5S. The summed E-state index contributed by atoms with van der Waals surface area (Å²) in [5.41, 5.74) is 0. The van der Waals surface area contributed by atoms with Gasteiger partial charge in [0.2, 0.25) is 0 Å². The summed E-state index contributed by atoms with van der Waals surface area (Å²) in [6.07, 6.45) is -1.02. The van der Waals surface area contributed by atoms with Gasteiger partial charge >= 0.3 is 16.3 Å². The molecule has 0 atom stereocenters. The molecule has 1 amide bonds. The Morgan fingerprint density at radius 1 is 1.50 bits per heavy atom. The highest BCUT2D eigenvalue weighted by Crippen LogP contribution is 2.04. The van der Waals surface area contributed by atoms with E-state index >= 15 is 0 Å². The van der Waals surface area contributed by atoms with Gasteiger partial charge in [-0.25, -0.2) is 9.52 Å². The topological polar surface area (TPSA) is 95.9 Å². The Kier molecular flexibility index (Phi) is 6.31. The van der Waals surface area contributed by atoms with E-state index in [1.165, 1.54) is 0 Å². The number of nitrogens with zero attached hydrogens (tertiary/aromatic N) is 1. The molecule has 0 heterocycles. The molecule has 0 unspecified atom stereocenters. The lowest BCUT2D eigenvalue weighted by Crippen LogP contribution is -2.47. The Morgan fingerprint density at radius 2 is 2.06 bits per heavy atom. The lowest BCUT2D eigenvalue weighted by Gasteiger charge is -2.24. The van der Waals surface area contributed by atoms with Crippen molar-refractivity contribution in [1.82, 2.24) is 9.03 Å². The van der Waals surface area contributed by atoms with E-state index in [2.05, 4.69) is 4.74 Å². The zero-order valence-corrected chi connectivity index (χ0v) is 10.5. The third-order valence-electron chi connectivity index (χ3n) is 1.69. The van der Waals surface area contributed by atoms with Crippen LogP contribution in [0.5, 0.6) is 0 Å². The molecular weight excluding hydrogens is 236 g/mol. The monoisotopic (exact) mass is 254 g/mol. The Morgan fingerprint density at radius 3 is 2.44 bits per heavy atom. The number of ether oxygens (including phenoxy) is 1. The number of hydrogen-bond donors (Lipinski definition) is 2. The van der Waals surface area contributed by atoms with Gasteiger partial charge in [-0.05, 0) is 20.8 Å². The Hall–Kier alpha value is -0.860. The minimum atomic E-state index is -3.96. The fraction of sp³-hybridized carbons (Fsp3) is 0.875. The summed E-state index contributed by atoms with van der Waals surface area (Å²) < 4.78 is 30.5. The summed E-state index contributed by atoms with van der Waals surface area (Å²) in [5.74, 6) is 0. The molecule has 0 aliphatic heterocycles. The van der Waals surface area contributed by atoms with Crippen LogP contribution in [0, 0.1) is 0 Å². The lowest BCUT2D eigenvalue weighted by molar-refractivity contribution is 0.157. The van der Waals surface area contributed by atoms with Gasteiger partial charge in [0, 0.05) is 12.6 Å². The van der Waals surface area contributed by atoms with E-state index in [4.69, 9.17) is 5.11 Å². The second kappa shape index (κ2) is 6.66. The van der Waals surface area contributed by atoms with Gasteiger partial charge in [0.15, 0.2) is 0 Å². The molecule has 0 spiro atoms. The minimum absolute atomic E-state index is 0.0770. The summed E-state index contributed by atoms with van der Waals surface area (Å²) in [6, 6.07) is -0.362. The summed E-state index contributed by atoms with van der Waals surface area (Å²) in [7, 11) is -3.96. The molecule has 0 rings (SSSR count). The Labute approximate surface area is 95.6 Å². The Balaban J connectivity index is 4.66. The van der Waals surface area contributed by atoms with Crippen molar-refractivity contribution in [3.63, 3.8) is 0 Å². The molecule has 0 aromatic heterocycles. The van der Waals surface area contributed by atoms with Crippen LogP contribution in [-0.2, 0) is 14.9 Å². The second-order valence-corrected chi connectivity index (χ2v) is 4.88. The van der Waals surface area contributed by atoms with E-state index in [0.29, 0.717) is 0 Å². The van der Waals surface area contributed by atoms with E-state index < -0.39 is 16.3 Å². The molecule has 0 aromatic rings. The molecule has 7 nitrogen and oxygen atoms in total. The molecule has 0 aliphatic rings. The minimum Gasteiger partial charge on any atom is -0.449 e. The molecule has 0 saturated carbocycles. The average molecular weight is 254 g/mol. The molecule has 0 aromatic carbocycles. The third-order valence-corrected chi connectivity index (χ3v) is 3.34. The number of rotatable bonds is 6. The fourth-order valence-corrected chi connectivity index (χ4v) is 2.34. The van der Waals surface area contributed by atoms with Gasteiger partial charge in [0.05, 0.1) is 13.2 Å². The summed E-state index contributed by atoms with van der Waals surface area (Å²) in [4.78, 5) is 11.0. The fourth-order valence-electron chi connectivity index (χ4n) is 1.08. The van der Waals surface area contributed by atoms with Crippen LogP contribution < -0.4 is 4.72 Å². The predicted octanol–water partition coefficient (Wildman–Crippen LogP) is -0.320. The molecule has 16 heavy (non-hydrogen) atoms. The van der Waals surface area contributed by atoms with Crippen molar-refractivity contribution in [3.8, 4) is 0 Å². The van der Waals surface area contributed by atoms with Gasteiger partial charge in [-0.1, -0.05) is 0 Å². The first-order chi connectivity index (χ1) is 7.35. The first-order valence-corrected chi connectivity index (χ1v) is 6.36. The molecule has 96 valence electrons. The van der Waals surface area contributed by atoms with Gasteiger partial charge < -0.3 is 9.84 Å². The van der Waals surface area contributed by atoms with Crippen LogP contribution in [0.1, 0.15) is 20.8 Å². The SMILES string of the molecule is CCOC(=O)NS(=O)(=O)N(CCO)C(C)C. The standard InChI is InChI=1S/C8H18N2O5S/c1-4-15-8(12)9-16(13,14)10(5-6-11)7(2)3/h7,11H,4-6H2,1-3H3,(H,9,12). The van der Waals surface area contributed by atoms with Gasteiger partial charge in [-0.2, -0.15) is 12.7 Å². The maximum absolute atomic E-state index is 11.7. The van der Waals surface area contributed by atoms with Crippen molar-refractivity contribution in [1.29, 1.82) is 0 Å². The van der Waals surface area contributed by atoms with Crippen molar-refractivity contribution in [2.75, 3.05) is 19.8 Å². The van der Waals surface area contributed by atoms with E-state index in [9.17, 15) is 13.2 Å². The molecule has 2 N–H and O–H groups in total. The summed E-state index contributed by atoms with van der Waals surface area (Å²) in [6.45, 7) is 4.54. The van der Waals surface area contributed by atoms with Crippen LogP contribution in [0.3, 0.4) is 0 Å². The van der Waals surface area contributed by atoms with Crippen molar-refractivity contribution >= 4 is 16.3 Å². The van der Waals surface area contributed by atoms with Crippen LogP contribution in [0.25, 0.3) is 0 Å². The van der Waals surface area contributed by atoms with Crippen molar-refractivity contribution in [3.05, 3.63) is 0 Å². The van der Waals surface area contributed by atoms with E-state index in [-0.39, 0.29) is 25.8 Å². The van der Waals surface area contributed by atoms with Gasteiger partial charge in [-0.3, -0.25) is 0 Å². The van der Waals surface area contributed by atoms with Gasteiger partial charge in [0.25, 0.3) is 0 Å². The smallest absolute Gasteiger partial charge is 0.421 e. The van der Waals surface area contributed by atoms with Crippen LogP contribution in [0.2, 0.25) is 0 Å². The average Bonchev–Trinajstić information content (AvgIpc) is 2.12.